The van der Waals surface area contributed by atoms with Crippen LogP contribution in [0.4, 0.5) is 0 Å². The average molecular weight is 327 g/mol. The van der Waals surface area contributed by atoms with Gasteiger partial charge in [0, 0.05) is 24.5 Å². The van der Waals surface area contributed by atoms with Crippen LogP contribution in [0.5, 0.6) is 0 Å². The van der Waals surface area contributed by atoms with Gasteiger partial charge < -0.3 is 5.32 Å². The molecule has 0 fully saturated rings. The monoisotopic (exact) mass is 326 g/mol. The highest BCUT2D eigenvalue weighted by atomic mass is 35.5. The molecule has 0 radical (unpaired) electrons. The largest absolute Gasteiger partial charge is 0.339 e. The first-order valence-electron chi connectivity index (χ1n) is 7.09. The molecular weight excluding hydrogens is 312 g/mol. The SMILES string of the molecule is Cn1cc(C(=O)NC(c2cccc(Cl)c2)c2ccccn2)cn1. The molecule has 1 atom stereocenters. The first-order chi connectivity index (χ1) is 11.1. The highest BCUT2D eigenvalue weighted by Crippen LogP contribution is 2.23. The van der Waals surface area contributed by atoms with Gasteiger partial charge in [-0.15, -0.1) is 0 Å². The van der Waals surface area contributed by atoms with Crippen molar-refractivity contribution < 1.29 is 4.79 Å². The van der Waals surface area contributed by atoms with E-state index in [0.29, 0.717) is 10.6 Å². The molecule has 0 aliphatic heterocycles. The van der Waals surface area contributed by atoms with Gasteiger partial charge >= 0.3 is 0 Å². The number of carbonyl (C=O) groups is 1. The molecule has 3 rings (SSSR count). The summed E-state index contributed by atoms with van der Waals surface area (Å²) in [6.07, 6.45) is 4.90. The Hall–Kier alpha value is -2.66. The fraction of sp³-hybridized carbons (Fsp3) is 0.118. The van der Waals surface area contributed by atoms with Crippen LogP contribution in [-0.2, 0) is 7.05 Å². The highest BCUT2D eigenvalue weighted by molar-refractivity contribution is 6.30. The first-order valence-corrected chi connectivity index (χ1v) is 7.47. The van der Waals surface area contributed by atoms with E-state index in [1.807, 2.05) is 36.4 Å². The number of benzene rings is 1. The second kappa shape index (κ2) is 6.62. The van der Waals surface area contributed by atoms with Crippen LogP contribution in [0.3, 0.4) is 0 Å². The average Bonchev–Trinajstić information content (AvgIpc) is 3.00. The molecule has 0 saturated carbocycles. The van der Waals surface area contributed by atoms with E-state index in [0.717, 1.165) is 11.3 Å². The number of hydrogen-bond donors (Lipinski definition) is 1. The molecule has 2 aromatic heterocycles. The molecule has 0 bridgehead atoms. The van der Waals surface area contributed by atoms with Crippen molar-refractivity contribution in [3.8, 4) is 0 Å². The minimum absolute atomic E-state index is 0.214. The number of nitrogens with one attached hydrogen (secondary N) is 1. The van der Waals surface area contributed by atoms with Crippen LogP contribution >= 0.6 is 11.6 Å². The summed E-state index contributed by atoms with van der Waals surface area (Å²) in [5.74, 6) is -0.214. The summed E-state index contributed by atoms with van der Waals surface area (Å²) in [6, 6.07) is 12.6. The molecule has 6 heteroatoms. The van der Waals surface area contributed by atoms with Gasteiger partial charge in [0.1, 0.15) is 0 Å². The third-order valence-electron chi connectivity index (χ3n) is 3.41. The Morgan fingerprint density at radius 1 is 1.26 bits per heavy atom. The number of amides is 1. The lowest BCUT2D eigenvalue weighted by Crippen LogP contribution is -2.29. The van der Waals surface area contributed by atoms with Crippen molar-refractivity contribution in [2.24, 2.45) is 7.05 Å². The molecule has 1 aromatic carbocycles. The maximum atomic E-state index is 12.5. The van der Waals surface area contributed by atoms with Crippen molar-refractivity contribution >= 4 is 17.5 Å². The zero-order valence-corrected chi connectivity index (χ0v) is 13.2. The van der Waals surface area contributed by atoms with E-state index in [-0.39, 0.29) is 11.9 Å². The van der Waals surface area contributed by atoms with Gasteiger partial charge in [-0.25, -0.2) is 0 Å². The summed E-state index contributed by atoms with van der Waals surface area (Å²) in [4.78, 5) is 16.8. The number of pyridine rings is 1. The van der Waals surface area contributed by atoms with Crippen LogP contribution < -0.4 is 5.32 Å². The highest BCUT2D eigenvalue weighted by Gasteiger charge is 2.19. The number of hydrogen-bond acceptors (Lipinski definition) is 3. The predicted octanol–water partition coefficient (Wildman–Crippen LogP) is 2.99. The molecule has 5 nitrogen and oxygen atoms in total. The topological polar surface area (TPSA) is 59.8 Å². The van der Waals surface area contributed by atoms with Crippen LogP contribution in [0.1, 0.15) is 27.7 Å². The Morgan fingerprint density at radius 3 is 2.78 bits per heavy atom. The fourth-order valence-corrected chi connectivity index (χ4v) is 2.51. The minimum Gasteiger partial charge on any atom is -0.339 e. The molecule has 0 spiro atoms. The van der Waals surface area contributed by atoms with Gasteiger partial charge in [0.25, 0.3) is 5.91 Å². The second-order valence-corrected chi connectivity index (χ2v) is 5.56. The van der Waals surface area contributed by atoms with Crippen molar-refractivity contribution in [1.29, 1.82) is 0 Å². The van der Waals surface area contributed by atoms with Gasteiger partial charge in [-0.1, -0.05) is 29.8 Å². The van der Waals surface area contributed by atoms with E-state index >= 15 is 0 Å². The number of aromatic nitrogens is 3. The third-order valence-corrected chi connectivity index (χ3v) is 3.64. The smallest absolute Gasteiger partial charge is 0.255 e. The van der Waals surface area contributed by atoms with Gasteiger partial charge in [-0.2, -0.15) is 5.10 Å². The Balaban J connectivity index is 1.94. The van der Waals surface area contributed by atoms with Crippen LogP contribution in [-0.4, -0.2) is 20.7 Å². The molecule has 116 valence electrons. The molecule has 3 aromatic rings. The Kier molecular flexibility index (Phi) is 4.39. The normalized spacial score (nSPS) is 11.9. The lowest BCUT2D eigenvalue weighted by atomic mass is 10.0. The zero-order valence-electron chi connectivity index (χ0n) is 12.5. The summed E-state index contributed by atoms with van der Waals surface area (Å²) in [7, 11) is 1.77. The standard InChI is InChI=1S/C17H15ClN4O/c1-22-11-13(10-20-22)17(23)21-16(15-7-2-3-8-19-15)12-5-4-6-14(18)9-12/h2-11,16H,1H3,(H,21,23). The van der Waals surface area contributed by atoms with Crippen molar-refractivity contribution in [1.82, 2.24) is 20.1 Å². The third kappa shape index (κ3) is 3.57. The van der Waals surface area contributed by atoms with Crippen LogP contribution in [0.25, 0.3) is 0 Å². The summed E-state index contributed by atoms with van der Waals surface area (Å²) >= 11 is 6.09. The summed E-state index contributed by atoms with van der Waals surface area (Å²) in [5, 5.41) is 7.63. The molecular formula is C17H15ClN4O. The number of carbonyl (C=O) groups excluding carboxylic acids is 1. The van der Waals surface area contributed by atoms with Gasteiger partial charge in [-0.3, -0.25) is 14.5 Å². The van der Waals surface area contributed by atoms with Crippen molar-refractivity contribution in [3.63, 3.8) is 0 Å². The molecule has 0 saturated heterocycles. The zero-order chi connectivity index (χ0) is 16.2. The van der Waals surface area contributed by atoms with E-state index in [1.165, 1.54) is 6.20 Å². The van der Waals surface area contributed by atoms with Crippen LogP contribution in [0.2, 0.25) is 5.02 Å². The maximum absolute atomic E-state index is 12.5. The Bertz CT molecular complexity index is 816. The number of nitrogens with zero attached hydrogens (tertiary/aromatic N) is 3. The summed E-state index contributed by atoms with van der Waals surface area (Å²) in [6.45, 7) is 0. The number of aryl methyl sites for hydroxylation is 1. The fourth-order valence-electron chi connectivity index (χ4n) is 2.31. The van der Waals surface area contributed by atoms with E-state index in [1.54, 1.807) is 30.2 Å². The van der Waals surface area contributed by atoms with E-state index in [4.69, 9.17) is 11.6 Å². The van der Waals surface area contributed by atoms with Crippen LogP contribution in [0, 0.1) is 0 Å². The van der Waals surface area contributed by atoms with Gasteiger partial charge in [-0.05, 0) is 29.8 Å². The van der Waals surface area contributed by atoms with Crippen molar-refractivity contribution in [2.45, 2.75) is 6.04 Å². The molecule has 2 heterocycles. The van der Waals surface area contributed by atoms with E-state index < -0.39 is 0 Å². The van der Waals surface area contributed by atoms with E-state index in [9.17, 15) is 4.79 Å². The van der Waals surface area contributed by atoms with Crippen LogP contribution in [0.15, 0.2) is 61.1 Å². The molecule has 0 aliphatic carbocycles. The Morgan fingerprint density at radius 2 is 2.13 bits per heavy atom. The molecule has 0 aliphatic rings. The van der Waals surface area contributed by atoms with Gasteiger partial charge in [0.2, 0.25) is 0 Å². The van der Waals surface area contributed by atoms with Crippen molar-refractivity contribution in [2.75, 3.05) is 0 Å². The Labute approximate surface area is 138 Å². The number of halogens is 1. The minimum atomic E-state index is -0.386. The quantitative estimate of drug-likeness (QED) is 0.801. The second-order valence-electron chi connectivity index (χ2n) is 5.12. The van der Waals surface area contributed by atoms with Crippen molar-refractivity contribution in [3.05, 3.63) is 82.9 Å². The number of rotatable bonds is 4. The lowest BCUT2D eigenvalue weighted by molar-refractivity contribution is 0.0942. The maximum Gasteiger partial charge on any atom is 0.255 e. The molecule has 1 unspecified atom stereocenters. The summed E-state index contributed by atoms with van der Waals surface area (Å²) < 4.78 is 1.59. The van der Waals surface area contributed by atoms with Gasteiger partial charge in [0.15, 0.2) is 0 Å². The molecule has 1 amide bonds. The molecule has 1 N–H and O–H groups in total. The van der Waals surface area contributed by atoms with E-state index in [2.05, 4.69) is 15.4 Å². The molecule has 23 heavy (non-hydrogen) atoms. The summed E-state index contributed by atoms with van der Waals surface area (Å²) in [5.41, 5.74) is 2.11. The predicted molar refractivity (Wildman–Crippen MR) is 88.2 cm³/mol. The lowest BCUT2D eigenvalue weighted by Gasteiger charge is -2.18. The van der Waals surface area contributed by atoms with Gasteiger partial charge in [0.05, 0.1) is 23.5 Å². The first kappa shape index (κ1) is 15.2.